The summed E-state index contributed by atoms with van der Waals surface area (Å²) >= 11 is 0. The highest BCUT2D eigenvalue weighted by molar-refractivity contribution is 7.91. The second-order valence-electron chi connectivity index (χ2n) is 18.8. The van der Waals surface area contributed by atoms with E-state index < -0.39 is 15.8 Å². The number of benzene rings is 1. The van der Waals surface area contributed by atoms with E-state index in [1.54, 1.807) is 12.1 Å². The number of hydrogen-bond acceptors (Lipinski definition) is 5. The highest BCUT2D eigenvalue weighted by Gasteiger charge is 2.69. The number of nitrogens with zero attached hydrogens (tertiary/aromatic N) is 1. The number of amides is 1. The molecule has 4 unspecified atom stereocenters. The van der Waals surface area contributed by atoms with E-state index in [1.165, 1.54) is 18.4 Å². The Balaban J connectivity index is 1.26. The summed E-state index contributed by atoms with van der Waals surface area (Å²) in [6.45, 7) is 24.4. The molecule has 0 radical (unpaired) electrons. The average Bonchev–Trinajstić information content (AvgIpc) is 3.43. The lowest BCUT2D eigenvalue weighted by atomic mass is 9.34. The first kappa shape index (κ1) is 38.3. The van der Waals surface area contributed by atoms with Crippen molar-refractivity contribution < 1.29 is 23.1 Å². The van der Waals surface area contributed by atoms with Crippen molar-refractivity contribution in [3.05, 3.63) is 54.1 Å². The molecule has 9 atom stereocenters. The number of allylic oxidation sites excluding steroid dienone is 3. The van der Waals surface area contributed by atoms with Crippen LogP contribution in [0.5, 0.6) is 0 Å². The van der Waals surface area contributed by atoms with E-state index in [0.717, 1.165) is 44.1 Å². The zero-order chi connectivity index (χ0) is 37.4. The number of sulfone groups is 1. The second-order valence-corrected chi connectivity index (χ2v) is 21.1. The Hall–Kier alpha value is -2.45. The molecule has 1 amide bonds. The zero-order valence-corrected chi connectivity index (χ0v) is 33.4. The maximum atomic E-state index is 14.0. The number of aromatic carboxylic acids is 1. The summed E-state index contributed by atoms with van der Waals surface area (Å²) in [5, 5.41) is 13.2. The summed E-state index contributed by atoms with van der Waals surface area (Å²) in [5.41, 5.74) is 2.73. The van der Waals surface area contributed by atoms with Gasteiger partial charge in [0.05, 0.1) is 23.1 Å². The van der Waals surface area contributed by atoms with E-state index in [4.69, 9.17) is 0 Å². The topological polar surface area (TPSA) is 104 Å². The first-order valence-electron chi connectivity index (χ1n) is 19.7. The van der Waals surface area contributed by atoms with Crippen molar-refractivity contribution in [2.24, 2.45) is 51.2 Å². The molecule has 0 bridgehead atoms. The summed E-state index contributed by atoms with van der Waals surface area (Å²) < 4.78 is 24.2. The first-order chi connectivity index (χ1) is 23.8. The summed E-state index contributed by atoms with van der Waals surface area (Å²) in [7, 11) is -3.01. The molecule has 4 saturated carbocycles. The van der Waals surface area contributed by atoms with Crippen molar-refractivity contribution in [3.63, 3.8) is 0 Å². The van der Waals surface area contributed by atoms with Crippen LogP contribution in [0.1, 0.15) is 123 Å². The average molecular weight is 721 g/mol. The Morgan fingerprint density at radius 1 is 0.941 bits per heavy atom. The van der Waals surface area contributed by atoms with Crippen molar-refractivity contribution in [1.82, 2.24) is 10.2 Å². The molecule has 4 aliphatic carbocycles. The van der Waals surface area contributed by atoms with E-state index in [-0.39, 0.29) is 50.7 Å². The quantitative estimate of drug-likeness (QED) is 0.262. The number of rotatable bonds is 8. The van der Waals surface area contributed by atoms with Gasteiger partial charge in [0, 0.05) is 18.6 Å². The van der Waals surface area contributed by atoms with Crippen LogP contribution in [-0.2, 0) is 14.6 Å². The molecule has 8 heteroatoms. The van der Waals surface area contributed by atoms with Crippen LogP contribution in [-0.4, -0.2) is 66.5 Å². The molecule has 0 spiro atoms. The van der Waals surface area contributed by atoms with E-state index in [1.807, 2.05) is 24.0 Å². The Labute approximate surface area is 308 Å². The minimum Gasteiger partial charge on any atom is -0.478 e. The van der Waals surface area contributed by atoms with Crippen LogP contribution in [0.2, 0.25) is 0 Å². The second kappa shape index (κ2) is 13.1. The third kappa shape index (κ3) is 6.06. The molecule has 2 N–H and O–H groups in total. The number of carboxylic acids is 1. The van der Waals surface area contributed by atoms with Crippen LogP contribution in [0.25, 0.3) is 5.57 Å². The molecular weight excluding hydrogens is 657 g/mol. The van der Waals surface area contributed by atoms with Gasteiger partial charge >= 0.3 is 5.97 Å². The molecular formula is C43H64N2O5S. The minimum atomic E-state index is -3.01. The van der Waals surface area contributed by atoms with Gasteiger partial charge < -0.3 is 10.4 Å². The standard InChI is InChI=1S/C43H64N2O5S/c1-10-29-18-21-43(44-37(46)28(3)45-24-26-51(49,50)27-25-45)23-22-41(8)33(36(29)43)16-17-35-40(6,7)34(19-20-42(35,41)9)39(4,5)32(11-2)30-12-14-31(15-13-30)38(47)48/h10-15,28-29,33-36H,1,16-27H2,2-9H3,(H,44,46)(H,47,48)/b32-11-/t28?,29-,33-,34?,35?,36?,41-,42-,43+/m1/s1. The van der Waals surface area contributed by atoms with E-state index >= 15 is 0 Å². The maximum absolute atomic E-state index is 14.0. The van der Waals surface area contributed by atoms with Gasteiger partial charge in [0.1, 0.15) is 0 Å². The summed E-state index contributed by atoms with van der Waals surface area (Å²) in [5.74, 6) is 1.63. The molecule has 0 aromatic heterocycles. The lowest BCUT2D eigenvalue weighted by Gasteiger charge is -2.71. The largest absolute Gasteiger partial charge is 0.478 e. The zero-order valence-electron chi connectivity index (χ0n) is 32.6. The monoisotopic (exact) mass is 720 g/mol. The smallest absolute Gasteiger partial charge is 0.335 e. The molecule has 1 saturated heterocycles. The molecule has 5 aliphatic rings. The van der Waals surface area contributed by atoms with Gasteiger partial charge in [-0.1, -0.05) is 65.8 Å². The Bertz CT molecular complexity index is 1670. The van der Waals surface area contributed by atoms with Crippen LogP contribution in [0.15, 0.2) is 43.0 Å². The van der Waals surface area contributed by atoms with E-state index in [2.05, 4.69) is 72.5 Å². The third-order valence-corrected chi connectivity index (χ3v) is 17.8. The van der Waals surface area contributed by atoms with Gasteiger partial charge in [-0.2, -0.15) is 0 Å². The maximum Gasteiger partial charge on any atom is 0.335 e. The molecule has 51 heavy (non-hydrogen) atoms. The van der Waals surface area contributed by atoms with Crippen LogP contribution in [0, 0.1) is 51.2 Å². The number of carbonyl (C=O) groups is 2. The fourth-order valence-electron chi connectivity index (χ4n) is 13.5. The molecule has 7 nitrogen and oxygen atoms in total. The minimum absolute atomic E-state index is 0.0498. The van der Waals surface area contributed by atoms with Crippen LogP contribution >= 0.6 is 0 Å². The number of hydrogen-bond donors (Lipinski definition) is 2. The van der Waals surface area contributed by atoms with E-state index in [9.17, 15) is 23.1 Å². The van der Waals surface area contributed by atoms with Gasteiger partial charge in [0.25, 0.3) is 0 Å². The number of carbonyl (C=O) groups excluding carboxylic acids is 1. The van der Waals surface area contributed by atoms with Gasteiger partial charge in [-0.15, -0.1) is 6.58 Å². The van der Waals surface area contributed by atoms with Crippen LogP contribution in [0.4, 0.5) is 0 Å². The fraction of sp³-hybridized carbons (Fsp3) is 0.721. The van der Waals surface area contributed by atoms with Crippen LogP contribution in [0.3, 0.4) is 0 Å². The molecule has 282 valence electrons. The predicted octanol–water partition coefficient (Wildman–Crippen LogP) is 8.27. The number of carboxylic acid groups (broad SMARTS) is 1. The van der Waals surface area contributed by atoms with Crippen molar-refractivity contribution in [2.45, 2.75) is 118 Å². The molecule has 6 rings (SSSR count). The van der Waals surface area contributed by atoms with Gasteiger partial charge in [0.2, 0.25) is 5.91 Å². The first-order valence-corrected chi connectivity index (χ1v) is 21.5. The molecule has 5 fully saturated rings. The Morgan fingerprint density at radius 3 is 2.16 bits per heavy atom. The van der Waals surface area contributed by atoms with Gasteiger partial charge in [-0.05, 0) is 140 Å². The van der Waals surface area contributed by atoms with Gasteiger partial charge in [0.15, 0.2) is 9.84 Å². The summed E-state index contributed by atoms with van der Waals surface area (Å²) in [6.07, 6.45) is 13.2. The Morgan fingerprint density at radius 2 is 1.57 bits per heavy atom. The summed E-state index contributed by atoms with van der Waals surface area (Å²) in [4.78, 5) is 27.6. The summed E-state index contributed by atoms with van der Waals surface area (Å²) in [6, 6.07) is 7.07. The van der Waals surface area contributed by atoms with Crippen molar-refractivity contribution in [1.29, 1.82) is 0 Å². The lowest BCUT2D eigenvalue weighted by Crippen LogP contribution is -2.68. The molecule has 1 aromatic rings. The number of nitrogens with one attached hydrogen (secondary N) is 1. The third-order valence-electron chi connectivity index (χ3n) is 16.2. The van der Waals surface area contributed by atoms with Crippen molar-refractivity contribution >= 4 is 27.3 Å². The fourth-order valence-corrected chi connectivity index (χ4v) is 14.7. The van der Waals surface area contributed by atoms with Gasteiger partial charge in [-0.25, -0.2) is 13.2 Å². The van der Waals surface area contributed by atoms with Crippen LogP contribution < -0.4 is 5.32 Å². The normalized spacial score (nSPS) is 38.4. The highest BCUT2D eigenvalue weighted by atomic mass is 32.2. The lowest BCUT2D eigenvalue weighted by molar-refractivity contribution is -0.214. The van der Waals surface area contributed by atoms with E-state index in [0.29, 0.717) is 48.2 Å². The SMILES string of the molecule is C=C[C@@H]1CC[C@]2(NC(=O)C(C)N3CCS(=O)(=O)CC3)CC[C@]3(C)[C@H](CCC4C(C)(C)C(C(C)(C)/C(=C\C)c5ccc(C(=O)O)cc5)CC[C@]43C)C12. The van der Waals surface area contributed by atoms with Crippen molar-refractivity contribution in [2.75, 3.05) is 24.6 Å². The predicted molar refractivity (Wildman–Crippen MR) is 206 cm³/mol. The molecule has 1 heterocycles. The van der Waals surface area contributed by atoms with Crippen molar-refractivity contribution in [3.8, 4) is 0 Å². The molecule has 1 aliphatic heterocycles. The molecule has 1 aromatic carbocycles. The van der Waals surface area contributed by atoms with Gasteiger partial charge in [-0.3, -0.25) is 9.69 Å². The highest BCUT2D eigenvalue weighted by Crippen LogP contribution is 2.75. The Kier molecular flexibility index (Phi) is 9.86. The number of fused-ring (bicyclic) bond motifs is 5.